The van der Waals surface area contributed by atoms with Gasteiger partial charge in [0.2, 0.25) is 5.16 Å². The Morgan fingerprint density at radius 3 is 2.67 bits per heavy atom. The Labute approximate surface area is 198 Å². The summed E-state index contributed by atoms with van der Waals surface area (Å²) >= 11 is 13.8. The minimum atomic E-state index is -1.12. The summed E-state index contributed by atoms with van der Waals surface area (Å²) in [5.74, 6) is 0.357. The Morgan fingerprint density at radius 2 is 2.00 bits per heavy atom. The number of nitrogens with zero attached hydrogens (tertiary/aromatic N) is 2. The Morgan fingerprint density at radius 1 is 1.23 bits per heavy atom. The number of halogens is 3. The molecule has 11 heteroatoms. The smallest absolute Gasteiger partial charge is 0.342 e. The Hall–Kier alpha value is -2.01. The summed E-state index contributed by atoms with van der Waals surface area (Å²) in [4.78, 5) is 16.2. The van der Waals surface area contributed by atoms with Gasteiger partial charge in [0.25, 0.3) is 0 Å². The van der Waals surface area contributed by atoms with Gasteiger partial charge in [0.05, 0.1) is 24.3 Å². The number of H-pyrrole nitrogens is 1. The van der Waals surface area contributed by atoms with Gasteiger partial charge in [-0.15, -0.1) is 5.10 Å². The van der Waals surface area contributed by atoms with Crippen molar-refractivity contribution in [1.29, 1.82) is 0 Å². The Balaban J connectivity index is 1.96. The zero-order chi connectivity index (χ0) is 21.8. The number of aromatic nitrogens is 3. The van der Waals surface area contributed by atoms with Gasteiger partial charge in [0.1, 0.15) is 16.4 Å². The van der Waals surface area contributed by atoms with E-state index in [1.165, 1.54) is 20.3 Å². The number of hydrogen-bond donors (Lipinski definition) is 2. The summed E-state index contributed by atoms with van der Waals surface area (Å²) in [6, 6.07) is 8.67. The Bertz CT molecular complexity index is 1140. The highest BCUT2D eigenvalue weighted by molar-refractivity contribution is 9.11. The van der Waals surface area contributed by atoms with Crippen LogP contribution in [0.2, 0.25) is 5.02 Å². The van der Waals surface area contributed by atoms with E-state index in [0.29, 0.717) is 37.9 Å². The molecule has 3 aromatic rings. The van der Waals surface area contributed by atoms with Crippen LogP contribution in [0.1, 0.15) is 5.56 Å². The fourth-order valence-electron chi connectivity index (χ4n) is 2.56. The number of hydrogen-bond acceptors (Lipinski definition) is 6. The van der Waals surface area contributed by atoms with Crippen molar-refractivity contribution in [2.24, 2.45) is 0 Å². The first-order valence-electron chi connectivity index (χ1n) is 8.24. The second-order valence-electron chi connectivity index (χ2n) is 5.74. The number of methoxy groups -OCH3 is 2. The normalized spacial score (nSPS) is 11.4. The molecule has 0 radical (unpaired) electrons. The van der Waals surface area contributed by atoms with E-state index in [4.69, 9.17) is 21.1 Å². The molecular weight excluding hydrogens is 562 g/mol. The van der Waals surface area contributed by atoms with Gasteiger partial charge in [0, 0.05) is 15.1 Å². The van der Waals surface area contributed by atoms with E-state index in [9.17, 15) is 9.90 Å². The molecule has 0 spiro atoms. The first-order valence-corrected chi connectivity index (χ1v) is 11.0. The molecule has 0 unspecified atom stereocenters. The van der Waals surface area contributed by atoms with Crippen molar-refractivity contribution >= 4 is 67.3 Å². The summed E-state index contributed by atoms with van der Waals surface area (Å²) in [5.41, 5.74) is 1.19. The van der Waals surface area contributed by atoms with E-state index in [-0.39, 0.29) is 10.1 Å². The molecule has 0 fully saturated rings. The maximum absolute atomic E-state index is 11.8. The summed E-state index contributed by atoms with van der Waals surface area (Å²) in [5, 5.41) is 17.3. The molecule has 0 saturated heterocycles. The van der Waals surface area contributed by atoms with Crippen LogP contribution >= 0.6 is 55.2 Å². The summed E-state index contributed by atoms with van der Waals surface area (Å²) < 4.78 is 12.2. The van der Waals surface area contributed by atoms with Crippen LogP contribution in [-0.4, -0.2) is 40.5 Å². The molecule has 0 bridgehead atoms. The van der Waals surface area contributed by atoms with Gasteiger partial charge in [-0.2, -0.15) is 0 Å². The molecule has 0 aliphatic carbocycles. The topological polar surface area (TPSA) is 97.3 Å². The molecule has 30 heavy (non-hydrogen) atoms. The van der Waals surface area contributed by atoms with Crippen LogP contribution in [0.3, 0.4) is 0 Å². The van der Waals surface area contributed by atoms with Crippen LogP contribution in [-0.2, 0) is 4.79 Å². The number of carbonyl (C=O) groups is 1. The number of thioether (sulfide) groups is 1. The van der Waals surface area contributed by atoms with Crippen LogP contribution in [0, 0.1) is 0 Å². The molecular formula is C19H14Br2ClN3O4S. The molecule has 0 aliphatic heterocycles. The second-order valence-corrected chi connectivity index (χ2v) is 8.95. The maximum atomic E-state index is 11.8. The predicted molar refractivity (Wildman–Crippen MR) is 123 cm³/mol. The quantitative estimate of drug-likeness (QED) is 0.268. The SMILES string of the molecule is COc1ccc(Cl)cc1-c1nc(S/C(=C\c2cc(Br)cc(Br)c2OC)C(=O)O)n[nH]1. The molecule has 3 rings (SSSR count). The highest BCUT2D eigenvalue weighted by Gasteiger charge is 2.18. The third kappa shape index (κ3) is 5.18. The van der Waals surface area contributed by atoms with E-state index < -0.39 is 5.97 Å². The first-order chi connectivity index (χ1) is 14.3. The van der Waals surface area contributed by atoms with E-state index in [0.717, 1.165) is 16.2 Å². The lowest BCUT2D eigenvalue weighted by molar-refractivity contribution is -0.131. The van der Waals surface area contributed by atoms with Gasteiger partial charge in [-0.3, -0.25) is 5.10 Å². The van der Waals surface area contributed by atoms with Gasteiger partial charge < -0.3 is 14.6 Å². The van der Waals surface area contributed by atoms with Crippen LogP contribution in [0.25, 0.3) is 17.5 Å². The second kappa shape index (κ2) is 9.86. The molecule has 2 aromatic carbocycles. The average molecular weight is 576 g/mol. The highest BCUT2D eigenvalue weighted by Crippen LogP contribution is 2.37. The minimum Gasteiger partial charge on any atom is -0.496 e. The highest BCUT2D eigenvalue weighted by atomic mass is 79.9. The lowest BCUT2D eigenvalue weighted by atomic mass is 10.2. The predicted octanol–water partition coefficient (Wildman–Crippen LogP) is 5.89. The van der Waals surface area contributed by atoms with Gasteiger partial charge in [0.15, 0.2) is 5.82 Å². The summed E-state index contributed by atoms with van der Waals surface area (Å²) in [7, 11) is 3.05. The minimum absolute atomic E-state index is 0.0157. The molecule has 7 nitrogen and oxygen atoms in total. The van der Waals surface area contributed by atoms with Crippen molar-refractivity contribution < 1.29 is 19.4 Å². The van der Waals surface area contributed by atoms with Crippen molar-refractivity contribution in [2.75, 3.05) is 14.2 Å². The maximum Gasteiger partial charge on any atom is 0.342 e. The van der Waals surface area contributed by atoms with Crippen molar-refractivity contribution in [3.63, 3.8) is 0 Å². The third-order valence-electron chi connectivity index (χ3n) is 3.82. The van der Waals surface area contributed by atoms with Crippen LogP contribution in [0.4, 0.5) is 0 Å². The van der Waals surface area contributed by atoms with Crippen molar-refractivity contribution in [1.82, 2.24) is 15.2 Å². The molecule has 0 atom stereocenters. The summed E-state index contributed by atoms with van der Waals surface area (Å²) in [6.07, 6.45) is 1.50. The zero-order valence-electron chi connectivity index (χ0n) is 15.6. The lowest BCUT2D eigenvalue weighted by Gasteiger charge is -2.09. The number of rotatable bonds is 7. The van der Waals surface area contributed by atoms with Gasteiger partial charge >= 0.3 is 5.97 Å². The number of benzene rings is 2. The Kier molecular flexibility index (Phi) is 7.45. The molecule has 0 amide bonds. The third-order valence-corrected chi connectivity index (χ3v) is 5.98. The average Bonchev–Trinajstić information content (AvgIpc) is 3.15. The molecule has 0 aliphatic rings. The van der Waals surface area contributed by atoms with Crippen LogP contribution < -0.4 is 9.47 Å². The fraction of sp³-hybridized carbons (Fsp3) is 0.105. The zero-order valence-corrected chi connectivity index (χ0v) is 20.3. The number of carboxylic acid groups (broad SMARTS) is 1. The van der Waals surface area contributed by atoms with Gasteiger partial charge in [-0.05, 0) is 64.1 Å². The number of nitrogens with one attached hydrogen (secondary N) is 1. The number of ether oxygens (including phenoxy) is 2. The monoisotopic (exact) mass is 573 g/mol. The van der Waals surface area contributed by atoms with Crippen LogP contribution in [0.15, 0.2) is 49.3 Å². The molecule has 1 heterocycles. The number of aliphatic carboxylic acids is 1. The molecule has 0 saturated carbocycles. The van der Waals surface area contributed by atoms with Gasteiger partial charge in [-0.1, -0.05) is 27.5 Å². The largest absolute Gasteiger partial charge is 0.496 e. The molecule has 156 valence electrons. The number of carboxylic acids is 1. The molecule has 1 aromatic heterocycles. The van der Waals surface area contributed by atoms with Crippen molar-refractivity contribution in [3.05, 3.63) is 54.8 Å². The van der Waals surface area contributed by atoms with Crippen LogP contribution in [0.5, 0.6) is 11.5 Å². The van der Waals surface area contributed by atoms with E-state index in [1.807, 2.05) is 6.07 Å². The van der Waals surface area contributed by atoms with E-state index in [2.05, 4.69) is 47.0 Å². The van der Waals surface area contributed by atoms with Crippen molar-refractivity contribution in [2.45, 2.75) is 5.16 Å². The van der Waals surface area contributed by atoms with Crippen molar-refractivity contribution in [3.8, 4) is 22.9 Å². The fourth-order valence-corrected chi connectivity index (χ4v) is 4.85. The van der Waals surface area contributed by atoms with E-state index in [1.54, 1.807) is 24.3 Å². The van der Waals surface area contributed by atoms with Gasteiger partial charge in [-0.25, -0.2) is 9.78 Å². The van der Waals surface area contributed by atoms with E-state index >= 15 is 0 Å². The summed E-state index contributed by atoms with van der Waals surface area (Å²) in [6.45, 7) is 0. The lowest BCUT2D eigenvalue weighted by Crippen LogP contribution is -1.98. The standard InChI is InChI=1S/C19H14Br2ClN3O4S/c1-28-14-4-3-11(22)8-12(14)17-23-19(25-24-17)30-15(18(26)27)6-9-5-10(20)7-13(21)16(9)29-2/h3-8H,1-2H3,(H,26,27)(H,23,24,25)/b15-6-. The first kappa shape index (κ1) is 22.7. The number of aromatic amines is 1. The molecule has 2 N–H and O–H groups in total.